The fraction of sp³-hybridized carbons (Fsp3) is 0.250. The van der Waals surface area contributed by atoms with E-state index in [-0.39, 0.29) is 52.0 Å². The molecule has 15 heteroatoms. The zero-order valence-corrected chi connectivity index (χ0v) is 30.8. The van der Waals surface area contributed by atoms with E-state index < -0.39 is 63.6 Å². The van der Waals surface area contributed by atoms with Crippen molar-refractivity contribution in [2.45, 2.75) is 24.2 Å². The van der Waals surface area contributed by atoms with Gasteiger partial charge in [0.2, 0.25) is 11.8 Å². The van der Waals surface area contributed by atoms with Gasteiger partial charge in [0.1, 0.15) is 5.75 Å². The number of hydrogen-bond acceptors (Lipinski definition) is 10. The van der Waals surface area contributed by atoms with Crippen LogP contribution in [0.1, 0.15) is 29.9 Å². The van der Waals surface area contributed by atoms with Crippen molar-refractivity contribution in [1.82, 2.24) is 5.01 Å². The van der Waals surface area contributed by atoms with Gasteiger partial charge in [0.05, 0.1) is 58.7 Å². The van der Waals surface area contributed by atoms with Gasteiger partial charge in [-0.2, -0.15) is 5.01 Å². The van der Waals surface area contributed by atoms with E-state index in [4.69, 9.17) is 32.7 Å². The third-order valence-corrected chi connectivity index (χ3v) is 12.0. The molecule has 4 amide bonds. The van der Waals surface area contributed by atoms with E-state index >= 15 is 4.79 Å². The summed E-state index contributed by atoms with van der Waals surface area (Å²) in [5.74, 6) is -6.50. The van der Waals surface area contributed by atoms with E-state index in [9.17, 15) is 29.6 Å². The molecule has 0 radical (unpaired) electrons. The number of halogens is 2. The number of carbonyl (C=O) groups is 4. The quantitative estimate of drug-likeness (QED) is 0.0838. The van der Waals surface area contributed by atoms with Gasteiger partial charge in [0.15, 0.2) is 11.5 Å². The second kappa shape index (κ2) is 13.4. The number of fused-ring (bicyclic) bond motifs is 4. The van der Waals surface area contributed by atoms with Crippen LogP contribution in [0.2, 0.25) is 10.0 Å². The molecular weight excluding hydrogens is 751 g/mol. The molecule has 4 aromatic carbocycles. The van der Waals surface area contributed by atoms with Crippen molar-refractivity contribution in [3.8, 4) is 17.2 Å². The molecule has 1 saturated carbocycles. The lowest BCUT2D eigenvalue weighted by Gasteiger charge is -2.50. The number of nitrogens with zero attached hydrogens (tertiary/aromatic N) is 3. The Balaban J connectivity index is 1.33. The molecule has 2 N–H and O–H groups in total. The van der Waals surface area contributed by atoms with Gasteiger partial charge < -0.3 is 14.6 Å². The van der Waals surface area contributed by atoms with E-state index in [0.29, 0.717) is 21.9 Å². The highest BCUT2D eigenvalue weighted by atomic mass is 35.5. The van der Waals surface area contributed by atoms with Crippen LogP contribution in [-0.4, -0.2) is 52.9 Å². The summed E-state index contributed by atoms with van der Waals surface area (Å²) in [5, 5.41) is 24.6. The Morgan fingerprint density at radius 1 is 0.891 bits per heavy atom. The van der Waals surface area contributed by atoms with Crippen LogP contribution in [-0.2, 0) is 24.6 Å². The fourth-order valence-corrected chi connectivity index (χ4v) is 9.55. The number of nitro benzene ring substituents is 1. The number of nitrogens with one attached hydrogen (secondary N) is 1. The fourth-order valence-electron chi connectivity index (χ4n) is 9.10. The van der Waals surface area contributed by atoms with Crippen LogP contribution in [0.5, 0.6) is 17.2 Å². The SMILES string of the molecule is COc1ccc([C@@]23C(=O)N(Nc4ccc(Cl)cc4Cl)C(=O)[C@@H]2C[C@@H]2C(=CC[C@@H]4C(=O)N(c5ccc([N+](=O)[O-])cc5)C(=O)[C@@H]42)[C@@H]3c2cccc(OC)c2O)cc1. The van der Waals surface area contributed by atoms with E-state index in [0.717, 1.165) is 9.91 Å². The maximum Gasteiger partial charge on any atom is 0.269 e. The molecule has 2 aliphatic heterocycles. The number of non-ortho nitro benzene ring substituents is 1. The molecule has 0 spiro atoms. The van der Waals surface area contributed by atoms with E-state index in [1.807, 2.05) is 6.08 Å². The molecule has 6 atom stereocenters. The Kier molecular flexibility index (Phi) is 8.81. The molecule has 55 heavy (non-hydrogen) atoms. The first-order valence-electron chi connectivity index (χ1n) is 17.3. The van der Waals surface area contributed by atoms with Gasteiger partial charge in [-0.1, -0.05) is 59.1 Å². The number of amides is 4. The molecule has 2 aliphatic carbocycles. The van der Waals surface area contributed by atoms with Gasteiger partial charge in [-0.3, -0.25) is 39.6 Å². The number of aromatic hydroxyl groups is 1. The number of phenolic OH excluding ortho intramolecular Hbond substituents is 1. The highest BCUT2D eigenvalue weighted by Gasteiger charge is 2.70. The number of nitro groups is 1. The van der Waals surface area contributed by atoms with Crippen molar-refractivity contribution in [2.75, 3.05) is 24.5 Å². The zero-order valence-electron chi connectivity index (χ0n) is 29.3. The first-order valence-corrected chi connectivity index (χ1v) is 18.1. The van der Waals surface area contributed by atoms with E-state index in [1.165, 1.54) is 44.6 Å². The summed E-state index contributed by atoms with van der Waals surface area (Å²) in [5.41, 5.74) is 2.81. The molecule has 4 aliphatic rings. The summed E-state index contributed by atoms with van der Waals surface area (Å²) in [6.45, 7) is 0. The number of allylic oxidation sites excluding steroid dienone is 2. The number of hydrazine groups is 1. The normalized spacial score (nSPS) is 25.6. The molecule has 8 rings (SSSR count). The predicted octanol–water partition coefficient (Wildman–Crippen LogP) is 6.81. The third-order valence-electron chi connectivity index (χ3n) is 11.5. The molecule has 2 heterocycles. The maximum absolute atomic E-state index is 15.4. The highest BCUT2D eigenvalue weighted by Crippen LogP contribution is 2.65. The van der Waals surface area contributed by atoms with Crippen LogP contribution in [0.4, 0.5) is 17.1 Å². The molecule has 13 nitrogen and oxygen atoms in total. The zero-order chi connectivity index (χ0) is 38.9. The molecule has 3 fully saturated rings. The second-order valence-corrected chi connectivity index (χ2v) is 14.7. The van der Waals surface area contributed by atoms with Crippen LogP contribution in [0.3, 0.4) is 0 Å². The van der Waals surface area contributed by atoms with Crippen molar-refractivity contribution in [1.29, 1.82) is 0 Å². The Morgan fingerprint density at radius 3 is 2.27 bits per heavy atom. The number of hydrogen-bond donors (Lipinski definition) is 2. The number of benzene rings is 4. The van der Waals surface area contributed by atoms with Gasteiger partial charge in [-0.15, -0.1) is 0 Å². The second-order valence-electron chi connectivity index (χ2n) is 13.9. The summed E-state index contributed by atoms with van der Waals surface area (Å²) in [4.78, 5) is 70.7. The van der Waals surface area contributed by atoms with Crippen LogP contribution >= 0.6 is 23.2 Å². The minimum Gasteiger partial charge on any atom is -0.504 e. The average molecular weight is 784 g/mol. The minimum atomic E-state index is -1.70. The molecule has 280 valence electrons. The number of imide groups is 2. The summed E-state index contributed by atoms with van der Waals surface area (Å²) < 4.78 is 11.0. The highest BCUT2D eigenvalue weighted by molar-refractivity contribution is 6.36. The van der Waals surface area contributed by atoms with Crippen molar-refractivity contribution >= 4 is 63.9 Å². The molecule has 2 saturated heterocycles. The summed E-state index contributed by atoms with van der Waals surface area (Å²) in [6.07, 6.45) is 1.97. The lowest BCUT2D eigenvalue weighted by atomic mass is 9.49. The van der Waals surface area contributed by atoms with Gasteiger partial charge in [-0.05, 0) is 72.9 Å². The minimum absolute atomic E-state index is 0.00944. The number of rotatable bonds is 8. The lowest BCUT2D eigenvalue weighted by molar-refractivity contribution is -0.384. The predicted molar refractivity (Wildman–Crippen MR) is 201 cm³/mol. The largest absolute Gasteiger partial charge is 0.504 e. The van der Waals surface area contributed by atoms with Gasteiger partial charge in [0, 0.05) is 28.6 Å². The van der Waals surface area contributed by atoms with Crippen molar-refractivity contribution < 1.29 is 38.7 Å². The van der Waals surface area contributed by atoms with Crippen LogP contribution in [0, 0.1) is 33.8 Å². The number of anilines is 2. The Labute approximate surface area is 324 Å². The van der Waals surface area contributed by atoms with Crippen molar-refractivity contribution in [2.24, 2.45) is 23.7 Å². The summed E-state index contributed by atoms with van der Waals surface area (Å²) in [6, 6.07) is 21.5. The van der Waals surface area contributed by atoms with Gasteiger partial charge in [-0.25, -0.2) is 0 Å². The summed E-state index contributed by atoms with van der Waals surface area (Å²) >= 11 is 12.7. The molecule has 0 unspecified atom stereocenters. The Hall–Kier alpha value is -5.92. The first-order chi connectivity index (χ1) is 26.4. The topological polar surface area (TPSA) is 169 Å². The first kappa shape index (κ1) is 36.1. The van der Waals surface area contributed by atoms with Crippen LogP contribution in [0.25, 0.3) is 0 Å². The van der Waals surface area contributed by atoms with E-state index in [2.05, 4.69) is 5.43 Å². The van der Waals surface area contributed by atoms with Crippen molar-refractivity contribution in [3.05, 3.63) is 128 Å². The summed E-state index contributed by atoms with van der Waals surface area (Å²) in [7, 11) is 2.91. The molecular formula is C40H32Cl2N4O9. The van der Waals surface area contributed by atoms with E-state index in [1.54, 1.807) is 54.6 Å². The Morgan fingerprint density at radius 2 is 1.62 bits per heavy atom. The smallest absolute Gasteiger partial charge is 0.269 e. The molecule has 0 aromatic heterocycles. The number of phenols is 1. The monoisotopic (exact) mass is 782 g/mol. The molecule has 4 aromatic rings. The maximum atomic E-state index is 15.4. The average Bonchev–Trinajstić information content (AvgIpc) is 3.56. The standard InChI is InChI=1S/C40H32Cl2N4O9/c1-54-24-13-6-20(7-14-24)40-29(37(49)45(39(40)51)43-31-17-8-21(41)18-30(31)42)19-28-25(34(40)27-4-3-5-32(55-2)35(27)47)15-16-26-33(28)38(50)44(36(26)48)22-9-11-23(12-10-22)46(52)53/h3-15,17-18,26,28-29,33-34,43,47H,16,19H2,1-2H3/t26-,28+,29-,33-,34+,40+/m0/s1. The van der Waals surface area contributed by atoms with Gasteiger partial charge >= 0.3 is 0 Å². The van der Waals surface area contributed by atoms with Crippen molar-refractivity contribution in [3.63, 3.8) is 0 Å². The van der Waals surface area contributed by atoms with Crippen LogP contribution in [0.15, 0.2) is 96.6 Å². The number of ether oxygens (including phenoxy) is 2. The Bertz CT molecular complexity index is 2330. The number of para-hydroxylation sites is 1. The third kappa shape index (κ3) is 5.35. The molecule has 0 bridgehead atoms. The van der Waals surface area contributed by atoms with Crippen LogP contribution < -0.4 is 19.8 Å². The number of methoxy groups -OCH3 is 2. The van der Waals surface area contributed by atoms with Gasteiger partial charge in [0.25, 0.3) is 17.5 Å². The lowest BCUT2D eigenvalue weighted by Crippen LogP contribution is -2.53. The number of carbonyl (C=O) groups excluding carboxylic acids is 4.